The summed E-state index contributed by atoms with van der Waals surface area (Å²) in [6.45, 7) is 22.6. The number of aldehydes is 1. The first-order valence-electron chi connectivity index (χ1n) is 17.3. The normalized spacial score (nSPS) is 13.2. The van der Waals surface area contributed by atoms with Crippen LogP contribution < -0.4 is 16.0 Å². The highest BCUT2D eigenvalue weighted by Gasteiger charge is 2.38. The van der Waals surface area contributed by atoms with Gasteiger partial charge in [-0.1, -0.05) is 53.7 Å². The lowest BCUT2D eigenvalue weighted by molar-refractivity contribution is -0.138. The van der Waals surface area contributed by atoms with Gasteiger partial charge in [-0.3, -0.25) is 9.78 Å². The summed E-state index contributed by atoms with van der Waals surface area (Å²) in [5, 5.41) is 9.39. The molecule has 0 fully saturated rings. The predicted octanol–water partition coefficient (Wildman–Crippen LogP) is 9.41. The summed E-state index contributed by atoms with van der Waals surface area (Å²) in [6, 6.07) is 4.98. The number of benzene rings is 1. The van der Waals surface area contributed by atoms with Gasteiger partial charge in [0, 0.05) is 43.5 Å². The van der Waals surface area contributed by atoms with E-state index in [0.29, 0.717) is 48.8 Å². The van der Waals surface area contributed by atoms with Crippen molar-refractivity contribution in [3.05, 3.63) is 92.9 Å². The summed E-state index contributed by atoms with van der Waals surface area (Å²) in [5.74, 6) is -0.902. The van der Waals surface area contributed by atoms with Crippen LogP contribution in [0.25, 0.3) is 5.57 Å². The van der Waals surface area contributed by atoms with Crippen molar-refractivity contribution >= 4 is 11.9 Å². The van der Waals surface area contributed by atoms with E-state index in [-0.39, 0.29) is 46.7 Å². The molecule has 10 heteroatoms. The van der Waals surface area contributed by atoms with E-state index in [0.717, 1.165) is 25.2 Å². The zero-order valence-corrected chi connectivity index (χ0v) is 31.2. The number of unbranched alkanes of at least 4 members (excludes halogenated alkanes) is 1. The van der Waals surface area contributed by atoms with Crippen molar-refractivity contribution in [3.8, 4) is 0 Å². The Labute approximate surface area is 291 Å². The average Bonchev–Trinajstić information content (AvgIpc) is 3.06. The Balaban J connectivity index is 0.00000589. The van der Waals surface area contributed by atoms with Crippen LogP contribution in [0, 0.1) is 20.8 Å². The highest BCUT2D eigenvalue weighted by atomic mass is 19.4. The molecule has 0 saturated carbocycles. The molecule has 2 rings (SSSR count). The number of rotatable bonds is 19. The summed E-state index contributed by atoms with van der Waals surface area (Å²) in [6.07, 6.45) is -0.552. The molecule has 1 aromatic heterocycles. The molecule has 49 heavy (non-hydrogen) atoms. The molecule has 0 aliphatic carbocycles. The Hall–Kier alpha value is -3.50. The van der Waals surface area contributed by atoms with Crippen molar-refractivity contribution in [2.24, 2.45) is 0 Å². The monoisotopic (exact) mass is 690 g/mol. The van der Waals surface area contributed by atoms with Gasteiger partial charge in [0.2, 0.25) is 0 Å². The number of allylic oxidation sites excluding steroid dienone is 4. The second-order valence-electron chi connectivity index (χ2n) is 12.2. The second-order valence-corrected chi connectivity index (χ2v) is 12.2. The van der Waals surface area contributed by atoms with Crippen LogP contribution >= 0.6 is 0 Å². The molecule has 1 aromatic carbocycles. The third-order valence-electron chi connectivity index (χ3n) is 8.16. The molecule has 0 aliphatic rings. The predicted molar refractivity (Wildman–Crippen MR) is 194 cm³/mol. The van der Waals surface area contributed by atoms with Crippen molar-refractivity contribution in [1.82, 2.24) is 20.9 Å². The first-order chi connectivity index (χ1) is 23.2. The summed E-state index contributed by atoms with van der Waals surface area (Å²) >= 11 is 0. The largest absolute Gasteiger partial charge is 0.494 e. The molecule has 1 heterocycles. The Morgan fingerprint density at radius 3 is 2.27 bits per heavy atom. The number of pyridine rings is 1. The molecule has 6 nitrogen and oxygen atoms in total. The van der Waals surface area contributed by atoms with Crippen LogP contribution in [0.1, 0.15) is 112 Å². The minimum absolute atomic E-state index is 0.0168. The van der Waals surface area contributed by atoms with Gasteiger partial charge in [0.15, 0.2) is 12.1 Å². The number of ether oxygens (including phenoxy) is 1. The van der Waals surface area contributed by atoms with Gasteiger partial charge >= 0.3 is 6.18 Å². The molecule has 0 amide bonds. The average molecular weight is 691 g/mol. The summed E-state index contributed by atoms with van der Waals surface area (Å²) < 4.78 is 66.9. The maximum atomic E-state index is 16.9. The fourth-order valence-corrected chi connectivity index (χ4v) is 5.30. The summed E-state index contributed by atoms with van der Waals surface area (Å²) in [7, 11) is 1.87. The molecule has 0 spiro atoms. The van der Waals surface area contributed by atoms with Crippen molar-refractivity contribution in [2.75, 3.05) is 26.7 Å². The maximum Gasteiger partial charge on any atom is 0.417 e. The number of carbonyl (C=O) groups is 1. The number of hydrogen-bond donors (Lipinski definition) is 3. The number of carbonyl (C=O) groups excluding carboxylic acids is 1. The Kier molecular flexibility index (Phi) is 19.1. The molecule has 2 aromatic rings. The number of nitrogens with one attached hydrogen (secondary N) is 3. The van der Waals surface area contributed by atoms with Crippen LogP contribution in [0.4, 0.5) is 17.6 Å². The third kappa shape index (κ3) is 13.0. The van der Waals surface area contributed by atoms with Crippen LogP contribution in [0.15, 0.2) is 53.8 Å². The van der Waals surface area contributed by atoms with E-state index in [9.17, 15) is 18.0 Å². The minimum atomic E-state index is -4.76. The van der Waals surface area contributed by atoms with E-state index in [1.165, 1.54) is 13.0 Å². The lowest BCUT2D eigenvalue weighted by Crippen LogP contribution is -2.28. The van der Waals surface area contributed by atoms with Gasteiger partial charge in [0.05, 0.1) is 22.9 Å². The molecule has 274 valence electrons. The number of aryl methyl sites for hydroxylation is 1. The van der Waals surface area contributed by atoms with Crippen LogP contribution in [0.5, 0.6) is 0 Å². The number of alkyl halides is 3. The number of halogens is 4. The minimum Gasteiger partial charge on any atom is -0.494 e. The first-order valence-corrected chi connectivity index (χ1v) is 17.3. The number of aromatic nitrogens is 1. The van der Waals surface area contributed by atoms with E-state index >= 15 is 4.39 Å². The van der Waals surface area contributed by atoms with Crippen LogP contribution in [-0.4, -0.2) is 44.1 Å². The van der Waals surface area contributed by atoms with E-state index in [4.69, 9.17) is 4.74 Å². The number of likely N-dealkylation sites (N-methyl/N-ethyl adjacent to an activating group) is 1. The zero-order chi connectivity index (χ0) is 37.3. The molecular weight excluding hydrogens is 632 g/mol. The summed E-state index contributed by atoms with van der Waals surface area (Å²) in [5.41, 5.74) is 0.524. The van der Waals surface area contributed by atoms with Crippen LogP contribution in [0.2, 0.25) is 0 Å². The molecule has 0 radical (unpaired) electrons. The third-order valence-corrected chi connectivity index (χ3v) is 8.16. The van der Waals surface area contributed by atoms with E-state index < -0.39 is 23.1 Å². The highest BCUT2D eigenvalue weighted by Crippen LogP contribution is 2.43. The molecule has 3 N–H and O–H groups in total. The highest BCUT2D eigenvalue weighted by molar-refractivity contribution is 5.87. The van der Waals surface area contributed by atoms with Gasteiger partial charge in [-0.25, -0.2) is 4.39 Å². The molecule has 1 unspecified atom stereocenters. The van der Waals surface area contributed by atoms with Crippen molar-refractivity contribution in [2.45, 2.75) is 113 Å². The summed E-state index contributed by atoms with van der Waals surface area (Å²) in [4.78, 5) is 17.1. The van der Waals surface area contributed by atoms with Gasteiger partial charge in [-0.15, -0.1) is 0 Å². The lowest BCUT2D eigenvalue weighted by atomic mass is 9.85. The number of nitrogens with zero attached hydrogens (tertiary/aromatic N) is 1. The first kappa shape index (κ1) is 43.5. The Morgan fingerprint density at radius 2 is 1.73 bits per heavy atom. The number of hydrogen-bond acceptors (Lipinski definition) is 6. The molecule has 0 bridgehead atoms. The van der Waals surface area contributed by atoms with Crippen LogP contribution in [0.3, 0.4) is 0 Å². The van der Waals surface area contributed by atoms with Crippen molar-refractivity contribution in [1.29, 1.82) is 0 Å². The maximum absolute atomic E-state index is 16.9. The molecular formula is C39H58F4N4O2. The van der Waals surface area contributed by atoms with E-state index in [2.05, 4.69) is 27.5 Å². The Bertz CT molecular complexity index is 1410. The Morgan fingerprint density at radius 1 is 1.06 bits per heavy atom. The molecule has 0 saturated heterocycles. The smallest absolute Gasteiger partial charge is 0.417 e. The fraction of sp³-hybridized carbons (Fsp3) is 0.538. The topological polar surface area (TPSA) is 75.3 Å². The van der Waals surface area contributed by atoms with Gasteiger partial charge < -0.3 is 20.7 Å². The quantitative estimate of drug-likeness (QED) is 0.0341. The van der Waals surface area contributed by atoms with Gasteiger partial charge in [0.1, 0.15) is 5.76 Å². The molecule has 0 aliphatic heterocycles. The van der Waals surface area contributed by atoms with Gasteiger partial charge in [-0.05, 0) is 100.0 Å². The van der Waals surface area contributed by atoms with E-state index in [1.54, 1.807) is 19.2 Å². The zero-order valence-electron chi connectivity index (χ0n) is 31.2. The van der Waals surface area contributed by atoms with E-state index in [1.807, 2.05) is 61.6 Å². The fourth-order valence-electron chi connectivity index (χ4n) is 5.30. The van der Waals surface area contributed by atoms with Crippen LogP contribution in [-0.2, 0) is 22.3 Å². The molecule has 1 atom stereocenters. The second kappa shape index (κ2) is 21.6. The van der Waals surface area contributed by atoms with Crippen molar-refractivity contribution < 1.29 is 27.1 Å². The van der Waals surface area contributed by atoms with Gasteiger partial charge in [-0.2, -0.15) is 13.2 Å². The SMILES string of the molecule is C=C(/C(F)=C(NCc1ccc(C)nc1)\C(C=O)=C(/CCCC)OC(C)CCNCCNC)c1cc(C(C)C)c(C)c(C)c1C(F)(F)F.CC. The standard InChI is InChI=1S/C37H52F4N4O2.C2H6/c1-10-11-12-33(47-25(5)15-16-43-18-17-42-9)32(22-46)36(45-21-29-14-13-24(4)44-20-29)35(38)28(8)31-19-30(23(2)3)26(6)27(7)34(31)37(39,40)41;1-2/h13-14,19-20,22-23,25,42-43,45H,8,10-12,15-18,21H2,1-7,9H3;1-2H3/b33-32+,36-35-;. The van der Waals surface area contributed by atoms with Gasteiger partial charge in [0.25, 0.3) is 0 Å². The van der Waals surface area contributed by atoms with Crippen molar-refractivity contribution in [3.63, 3.8) is 0 Å². The lowest BCUT2D eigenvalue weighted by Gasteiger charge is -2.24.